The molecule has 11 heteroatoms. The number of hydrogen-bond donors (Lipinski definition) is 2. The molecule has 0 bridgehead atoms. The summed E-state index contributed by atoms with van der Waals surface area (Å²) < 4.78 is 84.4. The van der Waals surface area contributed by atoms with Gasteiger partial charge in [-0.25, -0.2) is 4.21 Å². The normalized spacial score (nSPS) is 19.0. The van der Waals surface area contributed by atoms with Crippen LogP contribution in [0, 0.1) is 6.92 Å². The van der Waals surface area contributed by atoms with Crippen molar-refractivity contribution >= 4 is 32.8 Å². The number of aliphatic hydroxyl groups excluding tert-OH is 1. The molecule has 2 N–H and O–H groups in total. The van der Waals surface area contributed by atoms with Crippen molar-refractivity contribution in [1.29, 1.82) is 0 Å². The Labute approximate surface area is 241 Å². The van der Waals surface area contributed by atoms with Gasteiger partial charge in [0.15, 0.2) is 11.0 Å². The van der Waals surface area contributed by atoms with Gasteiger partial charge in [0.05, 0.1) is 35.3 Å². The SMILES string of the molecule is Cc1ccc(S(=O)n2c(CO)cc3cc([C@@H]4c5[nH]c6ccccc6c5CC(C)N4CC(F)(F)C(F)(F)F)ccc32)cc1. The zero-order valence-electron chi connectivity index (χ0n) is 22.8. The van der Waals surface area contributed by atoms with Crippen LogP contribution in [0.3, 0.4) is 0 Å². The van der Waals surface area contributed by atoms with Crippen molar-refractivity contribution in [3.05, 3.63) is 101 Å². The quantitative estimate of drug-likeness (QED) is 0.206. The van der Waals surface area contributed by atoms with Gasteiger partial charge in [0.2, 0.25) is 0 Å². The number of fused-ring (bicyclic) bond motifs is 4. The van der Waals surface area contributed by atoms with Crippen molar-refractivity contribution in [3.63, 3.8) is 0 Å². The lowest BCUT2D eigenvalue weighted by Crippen LogP contribution is -2.52. The van der Waals surface area contributed by atoms with Gasteiger partial charge in [-0.05, 0) is 67.8 Å². The van der Waals surface area contributed by atoms with Gasteiger partial charge in [-0.1, -0.05) is 42.0 Å². The molecule has 5 aromatic rings. The summed E-state index contributed by atoms with van der Waals surface area (Å²) in [5, 5.41) is 11.6. The van der Waals surface area contributed by atoms with Crippen LogP contribution in [0.25, 0.3) is 21.8 Å². The fourth-order valence-electron chi connectivity index (χ4n) is 5.93. The molecule has 0 fully saturated rings. The fraction of sp³-hybridized carbons (Fsp3) is 0.290. The van der Waals surface area contributed by atoms with E-state index < -0.39 is 48.3 Å². The molecule has 0 amide bonds. The van der Waals surface area contributed by atoms with Crippen LogP contribution < -0.4 is 0 Å². The first-order chi connectivity index (χ1) is 19.9. The summed E-state index contributed by atoms with van der Waals surface area (Å²) in [5.74, 6) is -4.93. The number of alkyl halides is 5. The number of aryl methyl sites for hydroxylation is 1. The number of hydrogen-bond acceptors (Lipinski definition) is 3. The van der Waals surface area contributed by atoms with Crippen molar-refractivity contribution in [2.24, 2.45) is 0 Å². The summed E-state index contributed by atoms with van der Waals surface area (Å²) in [6.45, 7) is 1.67. The Hall–Kier alpha value is -3.54. The van der Waals surface area contributed by atoms with Gasteiger partial charge < -0.3 is 10.1 Å². The minimum Gasteiger partial charge on any atom is -0.390 e. The average molecular weight is 602 g/mol. The van der Waals surface area contributed by atoms with Crippen LogP contribution in [0.1, 0.15) is 41.0 Å². The van der Waals surface area contributed by atoms with Crippen molar-refractivity contribution < 1.29 is 31.3 Å². The van der Waals surface area contributed by atoms with Crippen molar-refractivity contribution in [2.75, 3.05) is 6.54 Å². The van der Waals surface area contributed by atoms with Gasteiger partial charge in [0.1, 0.15) is 0 Å². The molecule has 5 nitrogen and oxygen atoms in total. The molecule has 220 valence electrons. The van der Waals surface area contributed by atoms with E-state index in [2.05, 4.69) is 4.98 Å². The molecule has 3 aromatic carbocycles. The van der Waals surface area contributed by atoms with Crippen LogP contribution in [0.5, 0.6) is 0 Å². The van der Waals surface area contributed by atoms with E-state index in [4.69, 9.17) is 0 Å². The molecule has 3 atom stereocenters. The molecule has 1 aliphatic rings. The zero-order valence-corrected chi connectivity index (χ0v) is 23.6. The molecule has 0 aliphatic carbocycles. The van der Waals surface area contributed by atoms with E-state index >= 15 is 0 Å². The first-order valence-electron chi connectivity index (χ1n) is 13.4. The second-order valence-electron chi connectivity index (χ2n) is 10.9. The number of benzene rings is 3. The first-order valence-corrected chi connectivity index (χ1v) is 14.5. The summed E-state index contributed by atoms with van der Waals surface area (Å²) in [6.07, 6.45) is -5.40. The summed E-state index contributed by atoms with van der Waals surface area (Å²) in [7, 11) is -1.69. The Morgan fingerprint density at radius 3 is 2.40 bits per heavy atom. The number of H-pyrrole nitrogens is 1. The van der Waals surface area contributed by atoms with Crippen LogP contribution in [-0.2, 0) is 24.0 Å². The van der Waals surface area contributed by atoms with E-state index in [1.54, 1.807) is 43.3 Å². The molecule has 2 aromatic heterocycles. The molecule has 0 radical (unpaired) electrons. The largest absolute Gasteiger partial charge is 0.454 e. The molecule has 0 spiro atoms. The average Bonchev–Trinajstić information content (AvgIpc) is 3.50. The Morgan fingerprint density at radius 2 is 1.71 bits per heavy atom. The van der Waals surface area contributed by atoms with E-state index in [1.165, 1.54) is 8.87 Å². The molecule has 42 heavy (non-hydrogen) atoms. The number of halogens is 5. The van der Waals surface area contributed by atoms with Gasteiger partial charge in [0.25, 0.3) is 0 Å². The maximum Gasteiger partial charge on any atom is 0.454 e. The smallest absolute Gasteiger partial charge is 0.390 e. The van der Waals surface area contributed by atoms with Crippen LogP contribution in [0.4, 0.5) is 22.0 Å². The van der Waals surface area contributed by atoms with E-state index in [9.17, 15) is 31.3 Å². The molecule has 6 rings (SSSR count). The lowest BCUT2D eigenvalue weighted by Gasteiger charge is -2.42. The van der Waals surface area contributed by atoms with Crippen LogP contribution in [0.15, 0.2) is 77.7 Å². The van der Waals surface area contributed by atoms with Crippen LogP contribution in [-0.4, -0.2) is 47.9 Å². The minimum atomic E-state index is -5.70. The van der Waals surface area contributed by atoms with Gasteiger partial charge in [-0.15, -0.1) is 0 Å². The minimum absolute atomic E-state index is 0.298. The molecule has 0 saturated carbocycles. The van der Waals surface area contributed by atoms with E-state index in [0.29, 0.717) is 39.2 Å². The maximum atomic E-state index is 14.5. The Bertz CT molecular complexity index is 1810. The van der Waals surface area contributed by atoms with Gasteiger partial charge in [0, 0.05) is 28.0 Å². The number of para-hydroxylation sites is 1. The summed E-state index contributed by atoms with van der Waals surface area (Å²) in [6, 6.07) is 19.8. The second-order valence-corrected chi connectivity index (χ2v) is 12.2. The van der Waals surface area contributed by atoms with E-state index in [0.717, 1.165) is 22.0 Å². The Kier molecular flexibility index (Phi) is 7.02. The highest BCUT2D eigenvalue weighted by molar-refractivity contribution is 7.83. The molecule has 1 aliphatic heterocycles. The predicted octanol–water partition coefficient (Wildman–Crippen LogP) is 7.03. The lowest BCUT2D eigenvalue weighted by atomic mass is 9.88. The van der Waals surface area contributed by atoms with E-state index in [-0.39, 0.29) is 0 Å². The van der Waals surface area contributed by atoms with Crippen molar-refractivity contribution in [3.8, 4) is 0 Å². The Balaban J connectivity index is 1.50. The van der Waals surface area contributed by atoms with Crippen LogP contribution >= 0.6 is 0 Å². The van der Waals surface area contributed by atoms with Crippen LogP contribution in [0.2, 0.25) is 0 Å². The molecule has 3 heterocycles. The number of nitrogens with zero attached hydrogens (tertiary/aromatic N) is 2. The second kappa shape index (κ2) is 10.3. The monoisotopic (exact) mass is 601 g/mol. The highest BCUT2D eigenvalue weighted by Gasteiger charge is 2.59. The number of rotatable bonds is 6. The molecular weight excluding hydrogens is 573 g/mol. The molecule has 0 saturated heterocycles. The first kappa shape index (κ1) is 28.6. The highest BCUT2D eigenvalue weighted by atomic mass is 32.2. The highest BCUT2D eigenvalue weighted by Crippen LogP contribution is 2.45. The maximum absolute atomic E-state index is 14.5. The number of nitrogens with one attached hydrogen (secondary N) is 1. The Morgan fingerprint density at radius 1 is 1.00 bits per heavy atom. The topological polar surface area (TPSA) is 61.3 Å². The van der Waals surface area contributed by atoms with Crippen molar-refractivity contribution in [2.45, 2.75) is 56.0 Å². The van der Waals surface area contributed by atoms with Gasteiger partial charge in [-0.3, -0.25) is 8.87 Å². The zero-order chi connectivity index (χ0) is 30.0. The molecular formula is C31H28F5N3O2S. The van der Waals surface area contributed by atoms with Crippen molar-refractivity contribution in [1.82, 2.24) is 13.9 Å². The van der Waals surface area contributed by atoms with Gasteiger partial charge >= 0.3 is 12.1 Å². The third-order valence-corrected chi connectivity index (χ3v) is 9.47. The summed E-state index contributed by atoms with van der Waals surface area (Å²) in [4.78, 5) is 5.04. The van der Waals surface area contributed by atoms with Gasteiger partial charge in [-0.2, -0.15) is 22.0 Å². The van der Waals surface area contributed by atoms with E-state index in [1.807, 2.05) is 43.3 Å². The third-order valence-electron chi connectivity index (χ3n) is 8.03. The summed E-state index contributed by atoms with van der Waals surface area (Å²) >= 11 is 0. The number of aromatic amines is 1. The standard InChI is InChI=1S/C31H28F5N3O2S/c1-18-7-10-23(11-8-18)42(41)39-22(16-40)15-21-14-20(9-12-27(21)39)29-28-25(24-5-3-4-6-26(24)37-28)13-19(2)38(29)17-30(32,33)31(34,35)36/h3-12,14-15,19,29,37,40H,13,16-17H2,1-2H3/t19?,29-,42?/m1/s1. The fourth-order valence-corrected chi connectivity index (χ4v) is 7.18. The summed E-state index contributed by atoms with van der Waals surface area (Å²) in [5.41, 5.74) is 4.63. The molecule has 2 unspecified atom stereocenters. The third kappa shape index (κ3) is 4.73. The lowest BCUT2D eigenvalue weighted by molar-refractivity contribution is -0.289. The predicted molar refractivity (Wildman–Crippen MR) is 152 cm³/mol. The number of aromatic nitrogens is 2. The number of aliphatic hydroxyl groups is 1.